The Morgan fingerprint density at radius 1 is 1.47 bits per heavy atom. The van der Waals surface area contributed by atoms with Crippen molar-refractivity contribution in [3.05, 3.63) is 10.6 Å². The van der Waals surface area contributed by atoms with Crippen LogP contribution in [-0.2, 0) is 0 Å². The molecule has 0 saturated carbocycles. The highest BCUT2D eigenvalue weighted by Crippen LogP contribution is 2.23. The lowest BCUT2D eigenvalue weighted by Gasteiger charge is -2.29. The Labute approximate surface area is 117 Å². The molecule has 0 aromatic carbocycles. The van der Waals surface area contributed by atoms with Crippen LogP contribution in [0, 0.1) is 6.92 Å². The van der Waals surface area contributed by atoms with E-state index in [4.69, 9.17) is 5.11 Å². The van der Waals surface area contributed by atoms with Crippen LogP contribution in [0.4, 0.5) is 5.13 Å². The second kappa shape index (κ2) is 6.34. The van der Waals surface area contributed by atoms with Crippen molar-refractivity contribution in [2.45, 2.75) is 39.2 Å². The van der Waals surface area contributed by atoms with E-state index in [0.29, 0.717) is 15.7 Å². The van der Waals surface area contributed by atoms with Crippen molar-refractivity contribution >= 4 is 22.4 Å². The van der Waals surface area contributed by atoms with Crippen LogP contribution < -0.4 is 5.32 Å². The maximum absolute atomic E-state index is 11.0. The Balaban J connectivity index is 1.89. The molecule has 6 heteroatoms. The third kappa shape index (κ3) is 3.91. The highest BCUT2D eigenvalue weighted by molar-refractivity contribution is 7.17. The number of carboxylic acids is 1. The van der Waals surface area contributed by atoms with Crippen LogP contribution in [0.5, 0.6) is 0 Å². The maximum Gasteiger partial charge on any atom is 0.347 e. The summed E-state index contributed by atoms with van der Waals surface area (Å²) < 4.78 is 0. The van der Waals surface area contributed by atoms with Crippen LogP contribution in [0.1, 0.15) is 41.6 Å². The molecule has 1 fully saturated rings. The van der Waals surface area contributed by atoms with Crippen molar-refractivity contribution in [2.24, 2.45) is 0 Å². The SMILES string of the molecule is Cc1nc(NC(C)CN2CCCCC2)sc1C(=O)O. The molecule has 0 bridgehead atoms. The molecule has 0 radical (unpaired) electrons. The number of piperidine rings is 1. The number of hydrogen-bond acceptors (Lipinski definition) is 5. The summed E-state index contributed by atoms with van der Waals surface area (Å²) in [5, 5.41) is 13.0. The standard InChI is InChI=1S/C13H21N3O2S/c1-9(8-16-6-4-3-5-7-16)14-13-15-10(2)11(19-13)12(17)18/h9H,3-8H2,1-2H3,(H,14,15)(H,17,18). The van der Waals surface area contributed by atoms with Crippen molar-refractivity contribution in [3.63, 3.8) is 0 Å². The minimum Gasteiger partial charge on any atom is -0.477 e. The molecule has 1 aromatic rings. The highest BCUT2D eigenvalue weighted by atomic mass is 32.1. The van der Waals surface area contributed by atoms with Gasteiger partial charge in [0.15, 0.2) is 5.13 Å². The summed E-state index contributed by atoms with van der Waals surface area (Å²) in [6.07, 6.45) is 3.91. The molecule has 1 atom stereocenters. The van der Waals surface area contributed by atoms with Gasteiger partial charge < -0.3 is 15.3 Å². The fourth-order valence-electron chi connectivity index (χ4n) is 2.44. The molecule has 106 valence electrons. The Morgan fingerprint density at radius 3 is 2.74 bits per heavy atom. The number of nitrogens with zero attached hydrogens (tertiary/aromatic N) is 2. The van der Waals surface area contributed by atoms with Crippen molar-refractivity contribution in [1.29, 1.82) is 0 Å². The third-order valence-electron chi connectivity index (χ3n) is 3.34. The fourth-order valence-corrected chi connectivity index (χ4v) is 3.36. The first-order valence-electron chi connectivity index (χ1n) is 6.76. The smallest absolute Gasteiger partial charge is 0.347 e. The Hall–Kier alpha value is -1.14. The average molecular weight is 283 g/mol. The lowest BCUT2D eigenvalue weighted by Crippen LogP contribution is -2.38. The molecule has 1 aliphatic rings. The van der Waals surface area contributed by atoms with Crippen molar-refractivity contribution in [1.82, 2.24) is 9.88 Å². The second-order valence-electron chi connectivity index (χ2n) is 5.15. The van der Waals surface area contributed by atoms with E-state index in [1.165, 1.54) is 43.7 Å². The minimum atomic E-state index is -0.897. The van der Waals surface area contributed by atoms with E-state index < -0.39 is 5.97 Å². The van der Waals surface area contributed by atoms with E-state index >= 15 is 0 Å². The summed E-state index contributed by atoms with van der Waals surface area (Å²) in [5.74, 6) is -0.897. The number of anilines is 1. The Kier molecular flexibility index (Phi) is 4.76. The minimum absolute atomic E-state index is 0.283. The zero-order chi connectivity index (χ0) is 13.8. The number of carbonyl (C=O) groups is 1. The first-order chi connectivity index (χ1) is 9.06. The summed E-state index contributed by atoms with van der Waals surface area (Å²) in [6.45, 7) is 7.18. The van der Waals surface area contributed by atoms with E-state index in [1.54, 1.807) is 6.92 Å². The van der Waals surface area contributed by atoms with Gasteiger partial charge in [-0.05, 0) is 39.8 Å². The molecule has 19 heavy (non-hydrogen) atoms. The number of thiazole rings is 1. The van der Waals surface area contributed by atoms with Crippen LogP contribution >= 0.6 is 11.3 Å². The molecule has 0 amide bonds. The van der Waals surface area contributed by atoms with Crippen LogP contribution in [0.25, 0.3) is 0 Å². The van der Waals surface area contributed by atoms with E-state index in [2.05, 4.69) is 22.1 Å². The van der Waals surface area contributed by atoms with Gasteiger partial charge in [0.1, 0.15) is 4.88 Å². The quantitative estimate of drug-likeness (QED) is 0.869. The lowest BCUT2D eigenvalue weighted by molar-refractivity contribution is 0.0701. The van der Waals surface area contributed by atoms with Crippen molar-refractivity contribution in [3.8, 4) is 0 Å². The maximum atomic E-state index is 11.0. The second-order valence-corrected chi connectivity index (χ2v) is 6.14. The molecule has 2 rings (SSSR count). The van der Waals surface area contributed by atoms with Gasteiger partial charge >= 0.3 is 5.97 Å². The monoisotopic (exact) mass is 283 g/mol. The predicted octanol–water partition coefficient (Wildman–Crippen LogP) is 2.44. The van der Waals surface area contributed by atoms with Gasteiger partial charge in [0.05, 0.1) is 5.69 Å². The molecular weight excluding hydrogens is 262 g/mol. The normalized spacial score (nSPS) is 18.2. The van der Waals surface area contributed by atoms with Crippen LogP contribution in [0.15, 0.2) is 0 Å². The molecule has 5 nitrogen and oxygen atoms in total. The number of hydrogen-bond donors (Lipinski definition) is 2. The molecule has 0 spiro atoms. The molecule has 1 unspecified atom stereocenters. The number of aryl methyl sites for hydroxylation is 1. The number of aromatic nitrogens is 1. The molecule has 1 aromatic heterocycles. The molecule has 1 aliphatic heterocycles. The summed E-state index contributed by atoms with van der Waals surface area (Å²) >= 11 is 1.22. The summed E-state index contributed by atoms with van der Waals surface area (Å²) in [6, 6.07) is 0.283. The van der Waals surface area contributed by atoms with Crippen LogP contribution in [-0.4, -0.2) is 46.6 Å². The van der Waals surface area contributed by atoms with E-state index in [-0.39, 0.29) is 6.04 Å². The number of aromatic carboxylic acids is 1. The predicted molar refractivity (Wildman–Crippen MR) is 77.2 cm³/mol. The zero-order valence-electron chi connectivity index (χ0n) is 11.5. The fraction of sp³-hybridized carbons (Fsp3) is 0.692. The first-order valence-corrected chi connectivity index (χ1v) is 7.57. The largest absolute Gasteiger partial charge is 0.477 e. The molecule has 0 aliphatic carbocycles. The van der Waals surface area contributed by atoms with Gasteiger partial charge in [-0.15, -0.1) is 0 Å². The van der Waals surface area contributed by atoms with Crippen molar-refractivity contribution in [2.75, 3.05) is 25.0 Å². The zero-order valence-corrected chi connectivity index (χ0v) is 12.3. The summed E-state index contributed by atoms with van der Waals surface area (Å²) in [5.41, 5.74) is 0.588. The van der Waals surface area contributed by atoms with E-state index in [1.807, 2.05) is 0 Å². The number of rotatable bonds is 5. The number of likely N-dealkylation sites (tertiary alicyclic amines) is 1. The number of carboxylic acid groups (broad SMARTS) is 1. The number of nitrogens with one attached hydrogen (secondary N) is 1. The molecular formula is C13H21N3O2S. The van der Waals surface area contributed by atoms with Crippen LogP contribution in [0.3, 0.4) is 0 Å². The molecule has 2 heterocycles. The molecule has 1 saturated heterocycles. The van der Waals surface area contributed by atoms with Gasteiger partial charge in [-0.2, -0.15) is 0 Å². The highest BCUT2D eigenvalue weighted by Gasteiger charge is 2.17. The first kappa shape index (κ1) is 14.3. The average Bonchev–Trinajstić information content (AvgIpc) is 2.71. The van der Waals surface area contributed by atoms with E-state index in [9.17, 15) is 4.79 Å². The van der Waals surface area contributed by atoms with Gasteiger partial charge in [-0.3, -0.25) is 0 Å². The Morgan fingerprint density at radius 2 is 2.16 bits per heavy atom. The summed E-state index contributed by atoms with van der Waals surface area (Å²) in [7, 11) is 0. The lowest BCUT2D eigenvalue weighted by atomic mass is 10.1. The Bertz CT molecular complexity index is 441. The third-order valence-corrected chi connectivity index (χ3v) is 4.42. The van der Waals surface area contributed by atoms with Gasteiger partial charge in [0.25, 0.3) is 0 Å². The topological polar surface area (TPSA) is 65.5 Å². The van der Waals surface area contributed by atoms with Gasteiger partial charge in [0, 0.05) is 12.6 Å². The molecule has 2 N–H and O–H groups in total. The van der Waals surface area contributed by atoms with E-state index in [0.717, 1.165) is 6.54 Å². The van der Waals surface area contributed by atoms with Crippen molar-refractivity contribution < 1.29 is 9.90 Å². The summed E-state index contributed by atoms with van der Waals surface area (Å²) in [4.78, 5) is 18.0. The van der Waals surface area contributed by atoms with Crippen LogP contribution in [0.2, 0.25) is 0 Å². The van der Waals surface area contributed by atoms with Gasteiger partial charge in [0.2, 0.25) is 0 Å². The van der Waals surface area contributed by atoms with Gasteiger partial charge in [-0.1, -0.05) is 17.8 Å². The van der Waals surface area contributed by atoms with Gasteiger partial charge in [-0.25, -0.2) is 9.78 Å².